The average molecular weight is 370 g/mol. The minimum atomic E-state index is -0.459. The van der Waals surface area contributed by atoms with Crippen LogP contribution in [-0.4, -0.2) is 35.9 Å². The van der Waals surface area contributed by atoms with Crippen molar-refractivity contribution in [1.82, 2.24) is 5.32 Å². The lowest BCUT2D eigenvalue weighted by Gasteiger charge is -2.09. The van der Waals surface area contributed by atoms with Crippen LogP contribution in [0.5, 0.6) is 5.75 Å². The van der Waals surface area contributed by atoms with Crippen LogP contribution in [0.15, 0.2) is 23.2 Å². The molecular formula is C16H20ClN3O3S. The van der Waals surface area contributed by atoms with Gasteiger partial charge in [0, 0.05) is 18.7 Å². The molecule has 0 saturated carbocycles. The average Bonchev–Trinajstić information content (AvgIpc) is 2.87. The first-order chi connectivity index (χ1) is 11.5. The first kappa shape index (κ1) is 18.6. The van der Waals surface area contributed by atoms with E-state index in [0.29, 0.717) is 28.2 Å². The molecule has 1 saturated heterocycles. The van der Waals surface area contributed by atoms with E-state index < -0.39 is 5.25 Å². The largest absolute Gasteiger partial charge is 0.495 e. The van der Waals surface area contributed by atoms with Gasteiger partial charge in [0.25, 0.3) is 0 Å². The first-order valence-electron chi connectivity index (χ1n) is 7.68. The zero-order valence-electron chi connectivity index (χ0n) is 13.6. The Hall–Kier alpha value is -1.73. The molecule has 1 aromatic carbocycles. The molecule has 24 heavy (non-hydrogen) atoms. The molecule has 0 bridgehead atoms. The van der Waals surface area contributed by atoms with E-state index >= 15 is 0 Å². The van der Waals surface area contributed by atoms with Crippen molar-refractivity contribution in [3.05, 3.63) is 23.2 Å². The molecule has 1 atom stereocenters. The van der Waals surface area contributed by atoms with Gasteiger partial charge in [-0.05, 0) is 24.6 Å². The van der Waals surface area contributed by atoms with Crippen molar-refractivity contribution < 1.29 is 14.3 Å². The predicted octanol–water partition coefficient (Wildman–Crippen LogP) is 3.06. The molecule has 1 aliphatic heterocycles. The third-order valence-corrected chi connectivity index (χ3v) is 4.76. The van der Waals surface area contributed by atoms with E-state index in [1.54, 1.807) is 18.2 Å². The number of halogens is 1. The highest BCUT2D eigenvalue weighted by molar-refractivity contribution is 8.15. The van der Waals surface area contributed by atoms with Gasteiger partial charge < -0.3 is 15.4 Å². The van der Waals surface area contributed by atoms with Crippen LogP contribution in [0, 0.1) is 0 Å². The molecule has 1 aromatic rings. The molecule has 2 N–H and O–H groups in total. The topological polar surface area (TPSA) is 79.8 Å². The van der Waals surface area contributed by atoms with Gasteiger partial charge in [-0.3, -0.25) is 14.6 Å². The Labute approximate surface area is 150 Å². The van der Waals surface area contributed by atoms with Crippen molar-refractivity contribution in [1.29, 1.82) is 0 Å². The fourth-order valence-electron chi connectivity index (χ4n) is 2.08. The summed E-state index contributed by atoms with van der Waals surface area (Å²) < 4.78 is 5.06. The molecule has 0 unspecified atom stereocenters. The van der Waals surface area contributed by atoms with Gasteiger partial charge in [0.15, 0.2) is 5.17 Å². The van der Waals surface area contributed by atoms with Gasteiger partial charge in [0.1, 0.15) is 11.0 Å². The minimum absolute atomic E-state index is 0.0763. The Kier molecular flexibility index (Phi) is 6.93. The van der Waals surface area contributed by atoms with Crippen molar-refractivity contribution in [3.8, 4) is 5.75 Å². The number of hydrogen-bond donors (Lipinski definition) is 2. The molecule has 1 heterocycles. The maximum Gasteiger partial charge on any atom is 0.240 e. The van der Waals surface area contributed by atoms with Gasteiger partial charge in [0.05, 0.1) is 12.1 Å². The molecule has 0 aliphatic carbocycles. The minimum Gasteiger partial charge on any atom is -0.495 e. The van der Waals surface area contributed by atoms with E-state index in [2.05, 4.69) is 22.5 Å². The Morgan fingerprint density at radius 1 is 1.50 bits per heavy atom. The van der Waals surface area contributed by atoms with Gasteiger partial charge in [-0.2, -0.15) is 0 Å². The van der Waals surface area contributed by atoms with E-state index in [9.17, 15) is 9.59 Å². The summed E-state index contributed by atoms with van der Waals surface area (Å²) in [7, 11) is 1.52. The summed E-state index contributed by atoms with van der Waals surface area (Å²) in [5.41, 5.74) is 0.561. The number of methoxy groups -OCH3 is 1. The quantitative estimate of drug-likeness (QED) is 0.724. The lowest BCUT2D eigenvalue weighted by molar-refractivity contribution is -0.122. The zero-order valence-corrected chi connectivity index (χ0v) is 15.2. The number of hydrogen-bond acceptors (Lipinski definition) is 5. The van der Waals surface area contributed by atoms with Crippen LogP contribution in [0.2, 0.25) is 5.02 Å². The van der Waals surface area contributed by atoms with Crippen LogP contribution in [-0.2, 0) is 9.59 Å². The van der Waals surface area contributed by atoms with E-state index in [0.717, 1.165) is 12.8 Å². The Morgan fingerprint density at radius 3 is 2.96 bits per heavy atom. The second-order valence-corrected chi connectivity index (χ2v) is 6.84. The fourth-order valence-corrected chi connectivity index (χ4v) is 3.33. The van der Waals surface area contributed by atoms with Gasteiger partial charge in [0.2, 0.25) is 11.8 Å². The van der Waals surface area contributed by atoms with Gasteiger partial charge >= 0.3 is 0 Å². The van der Waals surface area contributed by atoms with Crippen molar-refractivity contribution in [2.45, 2.75) is 31.4 Å². The molecule has 1 fully saturated rings. The number of rotatable bonds is 7. The highest BCUT2D eigenvalue weighted by Crippen LogP contribution is 2.28. The predicted molar refractivity (Wildman–Crippen MR) is 98.0 cm³/mol. The number of anilines is 1. The number of carbonyl (C=O) groups is 2. The monoisotopic (exact) mass is 369 g/mol. The van der Waals surface area contributed by atoms with Gasteiger partial charge in [-0.25, -0.2) is 0 Å². The number of unbranched alkanes of at least 4 members (excludes halogenated alkanes) is 1. The molecule has 0 spiro atoms. The van der Waals surface area contributed by atoms with Crippen LogP contribution in [0.25, 0.3) is 0 Å². The van der Waals surface area contributed by atoms with Crippen molar-refractivity contribution in [2.75, 3.05) is 19.0 Å². The summed E-state index contributed by atoms with van der Waals surface area (Å²) in [6, 6.07) is 4.98. The van der Waals surface area contributed by atoms with Crippen LogP contribution in [0.4, 0.5) is 5.69 Å². The number of benzene rings is 1. The highest BCUT2D eigenvalue weighted by Gasteiger charge is 2.31. The molecule has 0 aromatic heterocycles. The summed E-state index contributed by atoms with van der Waals surface area (Å²) in [4.78, 5) is 28.4. The lowest BCUT2D eigenvalue weighted by Crippen LogP contribution is -2.28. The van der Waals surface area contributed by atoms with E-state index in [1.165, 1.54) is 18.9 Å². The number of aliphatic imine (C=N–C) groups is 1. The van der Waals surface area contributed by atoms with Crippen molar-refractivity contribution in [2.24, 2.45) is 4.99 Å². The number of nitrogens with zero attached hydrogens (tertiary/aromatic N) is 1. The number of amides is 2. The normalized spacial score (nSPS) is 18.5. The molecule has 8 heteroatoms. The van der Waals surface area contributed by atoms with Gasteiger partial charge in [-0.15, -0.1) is 0 Å². The number of thioether (sulfide) groups is 1. The second-order valence-electron chi connectivity index (χ2n) is 5.24. The Bertz CT molecular complexity index is 651. The van der Waals surface area contributed by atoms with E-state index in [-0.39, 0.29) is 18.2 Å². The summed E-state index contributed by atoms with van der Waals surface area (Å²) >= 11 is 7.33. The third kappa shape index (κ3) is 5.14. The second kappa shape index (κ2) is 8.94. The van der Waals surface area contributed by atoms with Gasteiger partial charge in [-0.1, -0.05) is 36.7 Å². The van der Waals surface area contributed by atoms with Crippen molar-refractivity contribution in [3.63, 3.8) is 0 Å². The summed E-state index contributed by atoms with van der Waals surface area (Å²) in [5, 5.41) is 6.00. The third-order valence-electron chi connectivity index (χ3n) is 3.35. The molecule has 2 amide bonds. The lowest BCUT2D eigenvalue weighted by atomic mass is 10.2. The van der Waals surface area contributed by atoms with Crippen LogP contribution >= 0.6 is 23.4 Å². The van der Waals surface area contributed by atoms with Crippen LogP contribution in [0.3, 0.4) is 0 Å². The molecule has 130 valence electrons. The number of ether oxygens (including phenoxy) is 1. The first-order valence-corrected chi connectivity index (χ1v) is 8.94. The highest BCUT2D eigenvalue weighted by atomic mass is 35.5. The van der Waals surface area contributed by atoms with Crippen molar-refractivity contribution >= 4 is 46.0 Å². The maximum atomic E-state index is 12.1. The maximum absolute atomic E-state index is 12.1. The SMILES string of the molecule is CCCCN=C1NC(=O)[C@H](CC(=O)Nc2ccc(OC)c(Cl)c2)S1. The molecule has 1 aliphatic rings. The summed E-state index contributed by atoms with van der Waals surface area (Å²) in [6.07, 6.45) is 2.10. The molecular weight excluding hydrogens is 350 g/mol. The summed E-state index contributed by atoms with van der Waals surface area (Å²) in [5.74, 6) is 0.102. The fraction of sp³-hybridized carbons (Fsp3) is 0.438. The number of carbonyl (C=O) groups excluding carboxylic acids is 2. The molecule has 2 rings (SSSR count). The van der Waals surface area contributed by atoms with Crippen LogP contribution < -0.4 is 15.4 Å². The number of amidine groups is 1. The Balaban J connectivity index is 1.89. The summed E-state index contributed by atoms with van der Waals surface area (Å²) in [6.45, 7) is 2.77. The van der Waals surface area contributed by atoms with E-state index in [4.69, 9.17) is 16.3 Å². The Morgan fingerprint density at radius 2 is 2.29 bits per heavy atom. The van der Waals surface area contributed by atoms with E-state index in [1.807, 2.05) is 0 Å². The molecule has 6 nitrogen and oxygen atoms in total. The smallest absolute Gasteiger partial charge is 0.240 e. The van der Waals surface area contributed by atoms with Crippen LogP contribution in [0.1, 0.15) is 26.2 Å². The number of nitrogens with one attached hydrogen (secondary N) is 2. The zero-order chi connectivity index (χ0) is 17.5. The standard InChI is InChI=1S/C16H20ClN3O3S/c1-3-4-7-18-16-20-15(22)13(24-16)9-14(21)19-10-5-6-12(23-2)11(17)8-10/h5-6,8,13H,3-4,7,9H2,1-2H3,(H,19,21)(H,18,20,22)/t13-/m0/s1. The molecule has 0 radical (unpaired) electrons.